The molecule has 1 aromatic carbocycles. The van der Waals surface area contributed by atoms with Gasteiger partial charge in [-0.25, -0.2) is 4.98 Å². The lowest BCUT2D eigenvalue weighted by molar-refractivity contribution is 0.216. The summed E-state index contributed by atoms with van der Waals surface area (Å²) >= 11 is 0. The number of hydrogen-bond acceptors (Lipinski definition) is 2. The summed E-state index contributed by atoms with van der Waals surface area (Å²) < 4.78 is 0. The summed E-state index contributed by atoms with van der Waals surface area (Å²) in [6, 6.07) is 9.15. The van der Waals surface area contributed by atoms with E-state index in [1.807, 2.05) is 12.1 Å². The van der Waals surface area contributed by atoms with Crippen LogP contribution in [0.1, 0.15) is 51.9 Å². The molecule has 20 heavy (non-hydrogen) atoms. The maximum Gasteiger partial charge on any atom is 0.124 e. The van der Waals surface area contributed by atoms with Crippen molar-refractivity contribution in [1.82, 2.24) is 15.3 Å². The molecule has 0 spiro atoms. The molecule has 0 radical (unpaired) electrons. The Labute approximate surface area is 121 Å². The first-order valence-corrected chi connectivity index (χ1v) is 7.84. The Morgan fingerprint density at radius 1 is 1.20 bits per heavy atom. The Balaban J connectivity index is 1.68. The summed E-state index contributed by atoms with van der Waals surface area (Å²) in [5.41, 5.74) is 2.18. The van der Waals surface area contributed by atoms with Gasteiger partial charge in [0.2, 0.25) is 0 Å². The maximum atomic E-state index is 4.69. The molecule has 4 unspecified atom stereocenters. The fourth-order valence-corrected chi connectivity index (χ4v) is 3.31. The maximum absolute atomic E-state index is 4.69. The number of imidazole rings is 1. The van der Waals surface area contributed by atoms with Gasteiger partial charge in [0, 0.05) is 6.04 Å². The molecule has 2 aromatic rings. The summed E-state index contributed by atoms with van der Waals surface area (Å²) in [5.74, 6) is 2.75. The number of nitrogens with zero attached hydrogens (tertiary/aromatic N) is 1. The summed E-state index contributed by atoms with van der Waals surface area (Å²) in [4.78, 5) is 8.13. The molecule has 4 atom stereocenters. The molecule has 3 rings (SSSR count). The highest BCUT2D eigenvalue weighted by Gasteiger charge is 2.26. The van der Waals surface area contributed by atoms with E-state index < -0.39 is 0 Å². The highest BCUT2D eigenvalue weighted by molar-refractivity contribution is 5.74. The summed E-state index contributed by atoms with van der Waals surface area (Å²) in [6.07, 6.45) is 3.91. The fraction of sp³-hybridized carbons (Fsp3) is 0.588. The van der Waals surface area contributed by atoms with Gasteiger partial charge in [-0.1, -0.05) is 26.0 Å². The van der Waals surface area contributed by atoms with E-state index in [1.54, 1.807) is 0 Å². The predicted molar refractivity (Wildman–Crippen MR) is 83.6 cm³/mol. The van der Waals surface area contributed by atoms with Crippen LogP contribution >= 0.6 is 0 Å². The van der Waals surface area contributed by atoms with Crippen molar-refractivity contribution in [2.75, 3.05) is 0 Å². The number of rotatable bonds is 3. The monoisotopic (exact) mass is 271 g/mol. The number of benzene rings is 1. The molecule has 1 heterocycles. The zero-order valence-electron chi connectivity index (χ0n) is 12.7. The van der Waals surface area contributed by atoms with Gasteiger partial charge in [0.1, 0.15) is 5.82 Å². The van der Waals surface area contributed by atoms with Gasteiger partial charge in [-0.15, -0.1) is 0 Å². The predicted octanol–water partition coefficient (Wildman–Crippen LogP) is 4.04. The van der Waals surface area contributed by atoms with Gasteiger partial charge in [0.15, 0.2) is 0 Å². The van der Waals surface area contributed by atoms with Gasteiger partial charge in [0.25, 0.3) is 0 Å². The number of aromatic amines is 1. The first-order chi connectivity index (χ1) is 9.63. The minimum Gasteiger partial charge on any atom is -0.341 e. The van der Waals surface area contributed by atoms with Crippen LogP contribution in [0.25, 0.3) is 11.0 Å². The van der Waals surface area contributed by atoms with Gasteiger partial charge < -0.3 is 10.3 Å². The molecule has 1 aromatic heterocycles. The first-order valence-electron chi connectivity index (χ1n) is 7.84. The lowest BCUT2D eigenvalue weighted by Crippen LogP contribution is -2.37. The number of para-hydroxylation sites is 2. The molecule has 1 aliphatic carbocycles. The Bertz CT molecular complexity index is 541. The van der Waals surface area contributed by atoms with Crippen molar-refractivity contribution < 1.29 is 0 Å². The third-order valence-electron chi connectivity index (χ3n) is 4.90. The van der Waals surface area contributed by atoms with Crippen molar-refractivity contribution in [3.8, 4) is 0 Å². The third kappa shape index (κ3) is 2.73. The zero-order valence-corrected chi connectivity index (χ0v) is 12.7. The number of fused-ring (bicyclic) bond motifs is 1. The molecule has 3 nitrogen and oxygen atoms in total. The lowest BCUT2D eigenvalue weighted by Gasteiger charge is -2.34. The average Bonchev–Trinajstić information content (AvgIpc) is 2.87. The van der Waals surface area contributed by atoms with Gasteiger partial charge in [-0.2, -0.15) is 0 Å². The van der Waals surface area contributed by atoms with E-state index in [-0.39, 0.29) is 6.04 Å². The van der Waals surface area contributed by atoms with Crippen LogP contribution in [0.3, 0.4) is 0 Å². The SMILES string of the molecule is CC(NC1CCC(C)C(C)C1)c1nc2ccccc2[nH]1. The molecule has 0 bridgehead atoms. The van der Waals surface area contributed by atoms with Crippen LogP contribution in [0.2, 0.25) is 0 Å². The second kappa shape index (κ2) is 5.57. The van der Waals surface area contributed by atoms with Crippen LogP contribution in [0.4, 0.5) is 0 Å². The van der Waals surface area contributed by atoms with E-state index in [0.717, 1.165) is 28.7 Å². The van der Waals surface area contributed by atoms with Crippen molar-refractivity contribution in [2.24, 2.45) is 11.8 Å². The minimum absolute atomic E-state index is 0.285. The quantitative estimate of drug-likeness (QED) is 0.884. The molecular weight excluding hydrogens is 246 g/mol. The van der Waals surface area contributed by atoms with Gasteiger partial charge >= 0.3 is 0 Å². The smallest absolute Gasteiger partial charge is 0.124 e. The van der Waals surface area contributed by atoms with Crippen molar-refractivity contribution in [3.05, 3.63) is 30.1 Å². The summed E-state index contributed by atoms with van der Waals surface area (Å²) in [7, 11) is 0. The standard InChI is InChI=1S/C17H25N3/c1-11-8-9-14(10-12(11)2)18-13(3)17-19-15-6-4-5-7-16(15)20-17/h4-7,11-14,18H,8-10H2,1-3H3,(H,19,20). The Hall–Kier alpha value is -1.35. The Kier molecular flexibility index (Phi) is 3.79. The van der Waals surface area contributed by atoms with Crippen molar-refractivity contribution >= 4 is 11.0 Å². The number of hydrogen-bond donors (Lipinski definition) is 2. The molecule has 1 saturated carbocycles. The average molecular weight is 271 g/mol. The summed E-state index contributed by atoms with van der Waals surface area (Å²) in [5, 5.41) is 3.75. The second-order valence-corrected chi connectivity index (χ2v) is 6.49. The van der Waals surface area contributed by atoms with E-state index in [9.17, 15) is 0 Å². The zero-order chi connectivity index (χ0) is 14.1. The molecule has 2 N–H and O–H groups in total. The minimum atomic E-state index is 0.285. The van der Waals surface area contributed by atoms with Crippen LogP contribution < -0.4 is 5.32 Å². The molecule has 0 amide bonds. The highest BCUT2D eigenvalue weighted by atomic mass is 15.0. The number of aromatic nitrogens is 2. The van der Waals surface area contributed by atoms with Crippen LogP contribution in [0, 0.1) is 11.8 Å². The molecule has 3 heteroatoms. The van der Waals surface area contributed by atoms with E-state index in [1.165, 1.54) is 19.3 Å². The molecule has 1 aliphatic rings. The second-order valence-electron chi connectivity index (χ2n) is 6.49. The van der Waals surface area contributed by atoms with Crippen LogP contribution in [0.5, 0.6) is 0 Å². The van der Waals surface area contributed by atoms with Gasteiger partial charge in [-0.3, -0.25) is 0 Å². The third-order valence-corrected chi connectivity index (χ3v) is 4.90. The number of nitrogens with one attached hydrogen (secondary N) is 2. The first kappa shape index (κ1) is 13.6. The van der Waals surface area contributed by atoms with E-state index in [2.05, 4.69) is 43.2 Å². The van der Waals surface area contributed by atoms with Gasteiger partial charge in [-0.05, 0) is 50.2 Å². The number of H-pyrrole nitrogens is 1. The molecule has 108 valence electrons. The Morgan fingerprint density at radius 2 is 2.00 bits per heavy atom. The van der Waals surface area contributed by atoms with Crippen molar-refractivity contribution in [3.63, 3.8) is 0 Å². The fourth-order valence-electron chi connectivity index (χ4n) is 3.31. The van der Waals surface area contributed by atoms with Crippen molar-refractivity contribution in [2.45, 2.75) is 52.1 Å². The topological polar surface area (TPSA) is 40.7 Å². The van der Waals surface area contributed by atoms with Crippen LogP contribution in [-0.4, -0.2) is 16.0 Å². The molecular formula is C17H25N3. The molecule has 0 saturated heterocycles. The van der Waals surface area contributed by atoms with Gasteiger partial charge in [0.05, 0.1) is 17.1 Å². The van der Waals surface area contributed by atoms with Crippen LogP contribution in [-0.2, 0) is 0 Å². The summed E-state index contributed by atoms with van der Waals surface area (Å²) in [6.45, 7) is 6.97. The van der Waals surface area contributed by atoms with E-state index in [4.69, 9.17) is 4.98 Å². The highest BCUT2D eigenvalue weighted by Crippen LogP contribution is 2.30. The Morgan fingerprint density at radius 3 is 2.75 bits per heavy atom. The van der Waals surface area contributed by atoms with E-state index in [0.29, 0.717) is 6.04 Å². The molecule has 1 fully saturated rings. The normalized spacial score (nSPS) is 28.6. The largest absolute Gasteiger partial charge is 0.341 e. The lowest BCUT2D eigenvalue weighted by atomic mass is 9.79. The van der Waals surface area contributed by atoms with E-state index >= 15 is 0 Å². The molecule has 0 aliphatic heterocycles. The van der Waals surface area contributed by atoms with Crippen molar-refractivity contribution in [1.29, 1.82) is 0 Å². The van der Waals surface area contributed by atoms with Crippen LogP contribution in [0.15, 0.2) is 24.3 Å².